The number of benzene rings is 2. The standard InChI is InChI=1S/C19H18ClF3N2O2/c1-12(14-3-2-4-15(11-14)19(21,22)23)25-17(26)9-10-24-18(27)13-5-7-16(20)8-6-13/h2-8,11-12H,9-10H2,1H3,(H,24,27)(H,25,26). The number of hydrogen-bond acceptors (Lipinski definition) is 2. The Morgan fingerprint density at radius 3 is 2.41 bits per heavy atom. The molecule has 2 aromatic rings. The SMILES string of the molecule is CC(NC(=O)CCNC(=O)c1ccc(Cl)cc1)c1cccc(C(F)(F)F)c1. The monoisotopic (exact) mass is 398 g/mol. The fourth-order valence-electron chi connectivity index (χ4n) is 2.37. The summed E-state index contributed by atoms with van der Waals surface area (Å²) in [6.07, 6.45) is -4.44. The predicted octanol–water partition coefficient (Wildman–Crippen LogP) is 4.36. The fraction of sp³-hybridized carbons (Fsp3) is 0.263. The van der Waals surface area contributed by atoms with Crippen LogP contribution in [-0.2, 0) is 11.0 Å². The van der Waals surface area contributed by atoms with Crippen molar-refractivity contribution in [2.75, 3.05) is 6.54 Å². The van der Waals surface area contributed by atoms with Crippen LogP contribution in [0.4, 0.5) is 13.2 Å². The number of carbonyl (C=O) groups excluding carboxylic acids is 2. The third-order valence-corrected chi connectivity index (χ3v) is 4.09. The van der Waals surface area contributed by atoms with Crippen LogP contribution in [0, 0.1) is 0 Å². The molecule has 2 amide bonds. The first kappa shape index (κ1) is 20.8. The van der Waals surface area contributed by atoms with Crippen molar-refractivity contribution in [2.24, 2.45) is 0 Å². The van der Waals surface area contributed by atoms with Gasteiger partial charge in [-0.2, -0.15) is 13.2 Å². The first-order valence-corrected chi connectivity index (χ1v) is 8.55. The van der Waals surface area contributed by atoms with E-state index in [0.29, 0.717) is 16.1 Å². The van der Waals surface area contributed by atoms with Gasteiger partial charge in [-0.25, -0.2) is 0 Å². The van der Waals surface area contributed by atoms with Crippen molar-refractivity contribution >= 4 is 23.4 Å². The van der Waals surface area contributed by atoms with Crippen LogP contribution in [0.1, 0.15) is 40.9 Å². The first-order chi connectivity index (χ1) is 12.7. The van der Waals surface area contributed by atoms with Crippen LogP contribution in [0.2, 0.25) is 5.02 Å². The summed E-state index contributed by atoms with van der Waals surface area (Å²) in [5.41, 5.74) is -0.00292. The molecule has 1 atom stereocenters. The first-order valence-electron chi connectivity index (χ1n) is 8.17. The largest absolute Gasteiger partial charge is 0.416 e. The Morgan fingerprint density at radius 2 is 1.78 bits per heavy atom. The topological polar surface area (TPSA) is 58.2 Å². The molecule has 0 fully saturated rings. The summed E-state index contributed by atoms with van der Waals surface area (Å²) < 4.78 is 38.3. The Labute approximate surface area is 159 Å². The highest BCUT2D eigenvalue weighted by atomic mass is 35.5. The lowest BCUT2D eigenvalue weighted by Crippen LogP contribution is -2.32. The smallest absolute Gasteiger partial charge is 0.352 e. The minimum Gasteiger partial charge on any atom is -0.352 e. The highest BCUT2D eigenvalue weighted by molar-refractivity contribution is 6.30. The van der Waals surface area contributed by atoms with E-state index in [-0.39, 0.29) is 24.8 Å². The highest BCUT2D eigenvalue weighted by Gasteiger charge is 2.30. The van der Waals surface area contributed by atoms with Gasteiger partial charge in [0.25, 0.3) is 5.91 Å². The van der Waals surface area contributed by atoms with E-state index >= 15 is 0 Å². The van der Waals surface area contributed by atoms with Crippen LogP contribution < -0.4 is 10.6 Å². The zero-order valence-electron chi connectivity index (χ0n) is 14.4. The quantitative estimate of drug-likeness (QED) is 0.759. The van der Waals surface area contributed by atoms with Gasteiger partial charge in [-0.1, -0.05) is 23.7 Å². The summed E-state index contributed by atoms with van der Waals surface area (Å²) in [4.78, 5) is 23.9. The number of hydrogen-bond donors (Lipinski definition) is 2. The molecule has 4 nitrogen and oxygen atoms in total. The maximum absolute atomic E-state index is 12.8. The molecule has 144 valence electrons. The minimum atomic E-state index is -4.44. The normalized spacial score (nSPS) is 12.3. The second-order valence-corrected chi connectivity index (χ2v) is 6.36. The number of carbonyl (C=O) groups is 2. The van der Waals surface area contributed by atoms with Gasteiger partial charge in [-0.3, -0.25) is 9.59 Å². The van der Waals surface area contributed by atoms with E-state index < -0.39 is 17.8 Å². The van der Waals surface area contributed by atoms with Crippen LogP contribution in [0.25, 0.3) is 0 Å². The molecule has 2 N–H and O–H groups in total. The van der Waals surface area contributed by atoms with E-state index in [4.69, 9.17) is 11.6 Å². The molecule has 2 rings (SSSR count). The summed E-state index contributed by atoms with van der Waals surface area (Å²) in [6, 6.07) is 10.5. The predicted molar refractivity (Wildman–Crippen MR) is 96.4 cm³/mol. The molecule has 0 aromatic heterocycles. The number of nitrogens with one attached hydrogen (secondary N) is 2. The molecular weight excluding hydrogens is 381 g/mol. The second kappa shape index (κ2) is 8.90. The molecule has 27 heavy (non-hydrogen) atoms. The van der Waals surface area contributed by atoms with E-state index in [1.54, 1.807) is 31.2 Å². The van der Waals surface area contributed by atoms with Crippen LogP contribution in [0.3, 0.4) is 0 Å². The van der Waals surface area contributed by atoms with Gasteiger partial charge in [-0.15, -0.1) is 0 Å². The van der Waals surface area contributed by atoms with E-state index in [1.165, 1.54) is 12.1 Å². The van der Waals surface area contributed by atoms with Crippen molar-refractivity contribution in [1.82, 2.24) is 10.6 Å². The van der Waals surface area contributed by atoms with Crippen molar-refractivity contribution in [3.05, 3.63) is 70.2 Å². The Morgan fingerprint density at radius 1 is 1.11 bits per heavy atom. The Hall–Kier alpha value is -2.54. The molecule has 0 spiro atoms. The zero-order chi connectivity index (χ0) is 20.0. The molecule has 2 aromatic carbocycles. The molecule has 0 bridgehead atoms. The van der Waals surface area contributed by atoms with Gasteiger partial charge in [0.2, 0.25) is 5.91 Å². The van der Waals surface area contributed by atoms with Gasteiger partial charge in [0, 0.05) is 23.6 Å². The van der Waals surface area contributed by atoms with Crippen molar-refractivity contribution in [2.45, 2.75) is 25.6 Å². The molecule has 0 aliphatic carbocycles. The van der Waals surface area contributed by atoms with Crippen LogP contribution in [0.5, 0.6) is 0 Å². The number of rotatable bonds is 6. The maximum Gasteiger partial charge on any atom is 0.416 e. The molecule has 0 saturated carbocycles. The molecule has 0 heterocycles. The molecule has 1 unspecified atom stereocenters. The molecule has 8 heteroatoms. The molecule has 0 radical (unpaired) electrons. The molecule has 0 saturated heterocycles. The van der Waals surface area contributed by atoms with E-state index in [2.05, 4.69) is 10.6 Å². The van der Waals surface area contributed by atoms with Crippen molar-refractivity contribution in [3.63, 3.8) is 0 Å². The van der Waals surface area contributed by atoms with Gasteiger partial charge < -0.3 is 10.6 Å². The average molecular weight is 399 g/mol. The third-order valence-electron chi connectivity index (χ3n) is 3.84. The lowest BCUT2D eigenvalue weighted by molar-refractivity contribution is -0.137. The van der Waals surface area contributed by atoms with Gasteiger partial charge >= 0.3 is 6.18 Å². The van der Waals surface area contributed by atoms with E-state index in [0.717, 1.165) is 12.1 Å². The van der Waals surface area contributed by atoms with Gasteiger partial charge in [-0.05, 0) is 48.9 Å². The van der Waals surface area contributed by atoms with Gasteiger partial charge in [0.1, 0.15) is 0 Å². The highest BCUT2D eigenvalue weighted by Crippen LogP contribution is 2.30. The molecule has 0 aliphatic rings. The van der Waals surface area contributed by atoms with Crippen LogP contribution in [0.15, 0.2) is 48.5 Å². The molecular formula is C19H18ClF3N2O2. The second-order valence-electron chi connectivity index (χ2n) is 5.93. The fourth-order valence-corrected chi connectivity index (χ4v) is 2.50. The number of amides is 2. The Bertz CT molecular complexity index is 807. The van der Waals surface area contributed by atoms with Crippen LogP contribution in [-0.4, -0.2) is 18.4 Å². The maximum atomic E-state index is 12.8. The van der Waals surface area contributed by atoms with E-state index in [9.17, 15) is 22.8 Å². The Balaban J connectivity index is 1.83. The zero-order valence-corrected chi connectivity index (χ0v) is 15.2. The average Bonchev–Trinajstić information content (AvgIpc) is 2.61. The van der Waals surface area contributed by atoms with Gasteiger partial charge in [0.15, 0.2) is 0 Å². The summed E-state index contributed by atoms with van der Waals surface area (Å²) in [6.45, 7) is 1.70. The van der Waals surface area contributed by atoms with Crippen molar-refractivity contribution in [1.29, 1.82) is 0 Å². The summed E-state index contributed by atoms with van der Waals surface area (Å²) in [7, 11) is 0. The summed E-state index contributed by atoms with van der Waals surface area (Å²) in [5.74, 6) is -0.721. The minimum absolute atomic E-state index is 0.00261. The van der Waals surface area contributed by atoms with Crippen molar-refractivity contribution < 1.29 is 22.8 Å². The lowest BCUT2D eigenvalue weighted by Gasteiger charge is -2.16. The summed E-state index contributed by atoms with van der Waals surface area (Å²) in [5, 5.41) is 5.73. The number of halogens is 4. The van der Waals surface area contributed by atoms with Crippen molar-refractivity contribution in [3.8, 4) is 0 Å². The molecule has 0 aliphatic heterocycles. The number of alkyl halides is 3. The van der Waals surface area contributed by atoms with E-state index in [1.807, 2.05) is 0 Å². The van der Waals surface area contributed by atoms with Gasteiger partial charge in [0.05, 0.1) is 11.6 Å². The summed E-state index contributed by atoms with van der Waals surface area (Å²) >= 11 is 5.75. The Kier molecular flexibility index (Phi) is 6.85. The lowest BCUT2D eigenvalue weighted by atomic mass is 10.0. The third kappa shape index (κ3) is 6.29. The van der Waals surface area contributed by atoms with Crippen LogP contribution >= 0.6 is 11.6 Å².